The lowest BCUT2D eigenvalue weighted by atomic mass is 10.0. The van der Waals surface area contributed by atoms with E-state index in [1.807, 2.05) is 23.7 Å². The Hall–Kier alpha value is -1.84. The van der Waals surface area contributed by atoms with Crippen molar-refractivity contribution in [3.8, 4) is 0 Å². The summed E-state index contributed by atoms with van der Waals surface area (Å²) in [6.45, 7) is 10.5. The Labute approximate surface area is 126 Å². The van der Waals surface area contributed by atoms with Crippen LogP contribution in [0.15, 0.2) is 24.3 Å². The van der Waals surface area contributed by atoms with Crippen molar-refractivity contribution in [3.05, 3.63) is 47.0 Å². The van der Waals surface area contributed by atoms with Crippen LogP contribution in [-0.2, 0) is 0 Å². The summed E-state index contributed by atoms with van der Waals surface area (Å²) in [6, 6.07) is 7.20. The van der Waals surface area contributed by atoms with Crippen LogP contribution in [0.25, 0.3) is 0 Å². The molecule has 4 heteroatoms. The fourth-order valence-corrected chi connectivity index (χ4v) is 2.67. The molecule has 0 aliphatic rings. The number of nitrogens with one attached hydrogen (secondary N) is 1. The Balaban J connectivity index is 2.29. The zero-order valence-electron chi connectivity index (χ0n) is 13.4. The predicted molar refractivity (Wildman–Crippen MR) is 85.1 cm³/mol. The third-order valence-electron chi connectivity index (χ3n) is 3.81. The number of benzene rings is 1. The fraction of sp³-hybridized carbons (Fsp3) is 0.471. The third kappa shape index (κ3) is 3.26. The molecule has 1 aromatic carbocycles. The lowest BCUT2D eigenvalue weighted by Crippen LogP contribution is -2.11. The SMILES string of the molecule is CCC(Nc1c(C)nn(C(C)C)c1C)c1ccc(F)cc1. The Morgan fingerprint density at radius 3 is 2.29 bits per heavy atom. The lowest BCUT2D eigenvalue weighted by molar-refractivity contribution is 0.516. The maximum atomic E-state index is 13.1. The number of aromatic nitrogens is 2. The number of halogens is 1. The van der Waals surface area contributed by atoms with E-state index in [4.69, 9.17) is 0 Å². The van der Waals surface area contributed by atoms with E-state index in [0.717, 1.165) is 29.1 Å². The van der Waals surface area contributed by atoms with Gasteiger partial charge in [0.15, 0.2) is 0 Å². The van der Waals surface area contributed by atoms with Crippen molar-refractivity contribution in [1.29, 1.82) is 0 Å². The largest absolute Gasteiger partial charge is 0.375 e. The highest BCUT2D eigenvalue weighted by Crippen LogP contribution is 2.28. The van der Waals surface area contributed by atoms with Gasteiger partial charge in [-0.1, -0.05) is 19.1 Å². The summed E-state index contributed by atoms with van der Waals surface area (Å²) < 4.78 is 15.1. The van der Waals surface area contributed by atoms with Gasteiger partial charge in [-0.15, -0.1) is 0 Å². The van der Waals surface area contributed by atoms with Crippen molar-refractivity contribution in [2.24, 2.45) is 0 Å². The van der Waals surface area contributed by atoms with Gasteiger partial charge >= 0.3 is 0 Å². The summed E-state index contributed by atoms with van der Waals surface area (Å²) >= 11 is 0. The summed E-state index contributed by atoms with van der Waals surface area (Å²) in [5.41, 5.74) is 4.32. The van der Waals surface area contributed by atoms with E-state index < -0.39 is 0 Å². The van der Waals surface area contributed by atoms with Gasteiger partial charge in [-0.05, 0) is 51.8 Å². The number of aryl methyl sites for hydroxylation is 1. The second-order valence-electron chi connectivity index (χ2n) is 5.74. The minimum Gasteiger partial charge on any atom is -0.375 e. The van der Waals surface area contributed by atoms with Crippen molar-refractivity contribution in [3.63, 3.8) is 0 Å². The summed E-state index contributed by atoms with van der Waals surface area (Å²) in [4.78, 5) is 0. The van der Waals surface area contributed by atoms with Gasteiger partial charge in [0.05, 0.1) is 23.1 Å². The van der Waals surface area contributed by atoms with E-state index in [1.165, 1.54) is 12.1 Å². The van der Waals surface area contributed by atoms with E-state index in [0.29, 0.717) is 6.04 Å². The van der Waals surface area contributed by atoms with Crippen LogP contribution < -0.4 is 5.32 Å². The van der Waals surface area contributed by atoms with Crippen molar-refractivity contribution in [2.45, 2.75) is 53.1 Å². The van der Waals surface area contributed by atoms with Gasteiger partial charge in [0.2, 0.25) is 0 Å². The number of anilines is 1. The molecule has 0 fully saturated rings. The molecule has 21 heavy (non-hydrogen) atoms. The van der Waals surface area contributed by atoms with Gasteiger partial charge in [0, 0.05) is 6.04 Å². The van der Waals surface area contributed by atoms with Crippen LogP contribution >= 0.6 is 0 Å². The standard InChI is InChI=1S/C17H24FN3/c1-6-16(14-7-9-15(18)10-8-14)19-17-12(4)20-21(11(2)3)13(17)5/h7-11,16,19H,6H2,1-5H3. The summed E-state index contributed by atoms with van der Waals surface area (Å²) in [7, 11) is 0. The topological polar surface area (TPSA) is 29.9 Å². The normalized spacial score (nSPS) is 12.7. The van der Waals surface area contributed by atoms with Crippen molar-refractivity contribution in [1.82, 2.24) is 9.78 Å². The molecule has 1 N–H and O–H groups in total. The summed E-state index contributed by atoms with van der Waals surface area (Å²) in [6.07, 6.45) is 0.928. The molecule has 1 unspecified atom stereocenters. The molecule has 0 amide bonds. The van der Waals surface area contributed by atoms with Gasteiger partial charge in [0.25, 0.3) is 0 Å². The first kappa shape index (κ1) is 15.5. The number of hydrogen-bond acceptors (Lipinski definition) is 2. The van der Waals surface area contributed by atoms with Crippen LogP contribution in [0.2, 0.25) is 0 Å². The van der Waals surface area contributed by atoms with Crippen LogP contribution in [0.5, 0.6) is 0 Å². The first-order chi connectivity index (χ1) is 9.93. The van der Waals surface area contributed by atoms with Crippen molar-refractivity contribution >= 4 is 5.69 Å². The maximum Gasteiger partial charge on any atom is 0.123 e. The first-order valence-corrected chi connectivity index (χ1v) is 7.51. The maximum absolute atomic E-state index is 13.1. The Bertz CT molecular complexity index is 599. The molecule has 0 bridgehead atoms. The highest BCUT2D eigenvalue weighted by molar-refractivity contribution is 5.53. The second-order valence-corrected chi connectivity index (χ2v) is 5.74. The van der Waals surface area contributed by atoms with Crippen LogP contribution in [-0.4, -0.2) is 9.78 Å². The smallest absolute Gasteiger partial charge is 0.123 e. The molecule has 1 heterocycles. The highest BCUT2D eigenvalue weighted by atomic mass is 19.1. The Morgan fingerprint density at radius 2 is 1.81 bits per heavy atom. The summed E-state index contributed by atoms with van der Waals surface area (Å²) in [5.74, 6) is -0.200. The Morgan fingerprint density at radius 1 is 1.19 bits per heavy atom. The van der Waals surface area contributed by atoms with E-state index in [-0.39, 0.29) is 11.9 Å². The number of nitrogens with zero attached hydrogens (tertiary/aromatic N) is 2. The molecular weight excluding hydrogens is 265 g/mol. The molecule has 1 aromatic heterocycles. The van der Waals surface area contributed by atoms with Crippen LogP contribution in [0.4, 0.5) is 10.1 Å². The third-order valence-corrected chi connectivity index (χ3v) is 3.81. The molecule has 0 spiro atoms. The predicted octanol–water partition coefficient (Wildman–Crippen LogP) is 4.78. The average Bonchev–Trinajstić information content (AvgIpc) is 2.73. The molecule has 0 aliphatic carbocycles. The molecule has 114 valence electrons. The quantitative estimate of drug-likeness (QED) is 0.858. The first-order valence-electron chi connectivity index (χ1n) is 7.51. The van der Waals surface area contributed by atoms with E-state index >= 15 is 0 Å². The minimum atomic E-state index is -0.200. The lowest BCUT2D eigenvalue weighted by Gasteiger charge is -2.19. The van der Waals surface area contributed by atoms with Gasteiger partial charge in [-0.2, -0.15) is 5.10 Å². The minimum absolute atomic E-state index is 0.160. The van der Waals surface area contributed by atoms with E-state index in [1.54, 1.807) is 0 Å². The zero-order chi connectivity index (χ0) is 15.6. The number of rotatable bonds is 5. The molecule has 0 saturated heterocycles. The van der Waals surface area contributed by atoms with E-state index in [2.05, 4.69) is 38.1 Å². The van der Waals surface area contributed by atoms with Crippen LogP contribution in [0.1, 0.15) is 56.2 Å². The Kier molecular flexibility index (Phi) is 4.66. The van der Waals surface area contributed by atoms with Crippen molar-refractivity contribution in [2.75, 3.05) is 5.32 Å². The molecular formula is C17H24FN3. The molecule has 3 nitrogen and oxygen atoms in total. The molecule has 1 atom stereocenters. The molecule has 2 rings (SSSR count). The molecule has 0 aliphatic heterocycles. The highest BCUT2D eigenvalue weighted by Gasteiger charge is 2.17. The van der Waals surface area contributed by atoms with Gasteiger partial charge in [-0.25, -0.2) is 4.39 Å². The summed E-state index contributed by atoms with van der Waals surface area (Å²) in [5, 5.41) is 8.17. The monoisotopic (exact) mass is 289 g/mol. The van der Waals surface area contributed by atoms with Crippen molar-refractivity contribution < 1.29 is 4.39 Å². The van der Waals surface area contributed by atoms with E-state index in [9.17, 15) is 4.39 Å². The van der Waals surface area contributed by atoms with Gasteiger partial charge < -0.3 is 5.32 Å². The average molecular weight is 289 g/mol. The van der Waals surface area contributed by atoms with Gasteiger partial charge in [0.1, 0.15) is 5.82 Å². The van der Waals surface area contributed by atoms with Crippen LogP contribution in [0.3, 0.4) is 0 Å². The number of hydrogen-bond donors (Lipinski definition) is 1. The molecule has 0 saturated carbocycles. The molecule has 2 aromatic rings. The van der Waals surface area contributed by atoms with Gasteiger partial charge in [-0.3, -0.25) is 4.68 Å². The second kappa shape index (κ2) is 6.29. The fourth-order valence-electron chi connectivity index (χ4n) is 2.67. The van der Waals surface area contributed by atoms with Crippen LogP contribution in [0, 0.1) is 19.7 Å². The zero-order valence-corrected chi connectivity index (χ0v) is 13.4. The molecule has 0 radical (unpaired) electrons.